The zero-order valence-corrected chi connectivity index (χ0v) is 17.3. The molecule has 0 aliphatic rings. The molecule has 0 radical (unpaired) electrons. The highest BCUT2D eigenvalue weighted by Crippen LogP contribution is 2.31. The fourth-order valence-electron chi connectivity index (χ4n) is 3.18. The first kappa shape index (κ1) is 21.1. The van der Waals surface area contributed by atoms with Crippen LogP contribution in [0.25, 0.3) is 10.9 Å². The van der Waals surface area contributed by atoms with E-state index in [2.05, 4.69) is 10.3 Å². The Kier molecular flexibility index (Phi) is 5.91. The number of halogens is 1. The number of ether oxygens (including phenoxy) is 1. The van der Waals surface area contributed by atoms with Gasteiger partial charge in [0.1, 0.15) is 17.9 Å². The van der Waals surface area contributed by atoms with Crippen molar-refractivity contribution in [1.82, 2.24) is 4.98 Å². The van der Waals surface area contributed by atoms with Crippen LogP contribution in [0.1, 0.15) is 26.3 Å². The molecule has 1 heterocycles. The molecule has 0 amide bonds. The first-order valence-electron chi connectivity index (χ1n) is 9.55. The Morgan fingerprint density at radius 2 is 1.72 bits per heavy atom. The van der Waals surface area contributed by atoms with Crippen LogP contribution in [0.15, 0.2) is 72.9 Å². The largest absolute Gasteiger partial charge is 0.489 e. The molecule has 1 aromatic heterocycles. The molecule has 3 aromatic carbocycles. The normalized spacial score (nSPS) is 10.7. The van der Waals surface area contributed by atoms with Crippen LogP contribution in [0.3, 0.4) is 0 Å². The quantitative estimate of drug-likeness (QED) is 0.337. The molecule has 4 aromatic rings. The first-order valence-corrected chi connectivity index (χ1v) is 9.93. The number of nitrogens with one attached hydrogen (secondary N) is 1. The number of aromatic nitrogens is 1. The molecule has 0 aliphatic carbocycles. The lowest BCUT2D eigenvalue weighted by atomic mass is 10.1. The number of hydrogen-bond acceptors (Lipinski definition) is 5. The van der Waals surface area contributed by atoms with Crippen LogP contribution in [0.5, 0.6) is 5.75 Å². The average Bonchev–Trinajstić information content (AvgIpc) is 2.79. The van der Waals surface area contributed by atoms with Gasteiger partial charge in [-0.2, -0.15) is 0 Å². The Balaban J connectivity index is 1.61. The lowest BCUT2D eigenvalue weighted by molar-refractivity contribution is 0.0687. The second-order valence-corrected chi connectivity index (χ2v) is 7.33. The number of pyridine rings is 1. The van der Waals surface area contributed by atoms with Crippen LogP contribution < -0.4 is 10.1 Å². The van der Waals surface area contributed by atoms with Gasteiger partial charge in [-0.25, -0.2) is 9.59 Å². The van der Waals surface area contributed by atoms with Crippen molar-refractivity contribution < 1.29 is 24.5 Å². The molecule has 0 bridgehead atoms. The zero-order valence-electron chi connectivity index (χ0n) is 16.6. The van der Waals surface area contributed by atoms with Gasteiger partial charge in [0.05, 0.1) is 16.8 Å². The smallest absolute Gasteiger partial charge is 0.339 e. The van der Waals surface area contributed by atoms with Crippen molar-refractivity contribution in [2.45, 2.75) is 6.61 Å². The Labute approximate surface area is 187 Å². The predicted molar refractivity (Wildman–Crippen MR) is 121 cm³/mol. The van der Waals surface area contributed by atoms with Gasteiger partial charge in [-0.15, -0.1) is 0 Å². The van der Waals surface area contributed by atoms with Crippen molar-refractivity contribution in [3.05, 3.63) is 94.6 Å². The van der Waals surface area contributed by atoms with Gasteiger partial charge < -0.3 is 20.3 Å². The van der Waals surface area contributed by atoms with E-state index in [1.807, 2.05) is 18.2 Å². The third kappa shape index (κ3) is 4.48. The highest BCUT2D eigenvalue weighted by molar-refractivity contribution is 6.31. The lowest BCUT2D eigenvalue weighted by Gasteiger charge is -2.14. The highest BCUT2D eigenvalue weighted by atomic mass is 35.5. The molecule has 32 heavy (non-hydrogen) atoms. The van der Waals surface area contributed by atoms with Crippen molar-refractivity contribution in [3.63, 3.8) is 0 Å². The maximum atomic E-state index is 11.7. The number of hydrogen-bond donors (Lipinski definition) is 3. The molecule has 0 fully saturated rings. The molecule has 8 heteroatoms. The van der Waals surface area contributed by atoms with Gasteiger partial charge in [0, 0.05) is 27.9 Å². The summed E-state index contributed by atoms with van der Waals surface area (Å²) in [5.74, 6) is -1.68. The number of carbonyl (C=O) groups is 2. The fraction of sp³-hybridized carbons (Fsp3) is 0.0417. The van der Waals surface area contributed by atoms with Crippen molar-refractivity contribution >= 4 is 45.8 Å². The summed E-state index contributed by atoms with van der Waals surface area (Å²) < 4.78 is 5.77. The first-order chi connectivity index (χ1) is 15.4. The SMILES string of the molecule is O=C(O)c1ccc2ncc(C(=O)O)c(Nc3ccc(OCc4ccccc4Cl)cc3)c2c1. The number of carboxylic acid groups (broad SMARTS) is 2. The van der Waals surface area contributed by atoms with Crippen molar-refractivity contribution in [2.75, 3.05) is 5.32 Å². The zero-order chi connectivity index (χ0) is 22.7. The number of fused-ring (bicyclic) bond motifs is 1. The number of aromatic carboxylic acids is 2. The van der Waals surface area contributed by atoms with Crippen LogP contribution in [0.2, 0.25) is 5.02 Å². The average molecular weight is 449 g/mol. The number of nitrogens with zero attached hydrogens (tertiary/aromatic N) is 1. The summed E-state index contributed by atoms with van der Waals surface area (Å²) in [4.78, 5) is 27.3. The second-order valence-electron chi connectivity index (χ2n) is 6.92. The summed E-state index contributed by atoms with van der Waals surface area (Å²) in [5, 5.41) is 23.0. The number of anilines is 2. The topological polar surface area (TPSA) is 109 Å². The minimum absolute atomic E-state index is 0.0354. The Morgan fingerprint density at radius 3 is 2.41 bits per heavy atom. The van der Waals surface area contributed by atoms with Crippen LogP contribution >= 0.6 is 11.6 Å². The molecule has 7 nitrogen and oxygen atoms in total. The molecule has 0 unspecified atom stereocenters. The van der Waals surface area contributed by atoms with E-state index >= 15 is 0 Å². The summed E-state index contributed by atoms with van der Waals surface area (Å²) >= 11 is 6.14. The van der Waals surface area contributed by atoms with E-state index in [0.717, 1.165) is 5.56 Å². The minimum Gasteiger partial charge on any atom is -0.489 e. The van der Waals surface area contributed by atoms with Gasteiger partial charge in [-0.05, 0) is 48.5 Å². The van der Waals surface area contributed by atoms with Gasteiger partial charge in [0.25, 0.3) is 0 Å². The van der Waals surface area contributed by atoms with E-state index in [1.54, 1.807) is 36.4 Å². The number of carboxylic acids is 2. The van der Waals surface area contributed by atoms with E-state index in [-0.39, 0.29) is 16.8 Å². The molecule has 0 atom stereocenters. The van der Waals surface area contributed by atoms with Crippen LogP contribution in [0.4, 0.5) is 11.4 Å². The molecule has 0 saturated carbocycles. The monoisotopic (exact) mass is 448 g/mol. The second kappa shape index (κ2) is 8.95. The summed E-state index contributed by atoms with van der Waals surface area (Å²) in [6.07, 6.45) is 1.24. The summed E-state index contributed by atoms with van der Waals surface area (Å²) in [6.45, 7) is 0.308. The third-order valence-corrected chi connectivity index (χ3v) is 5.19. The Bertz CT molecular complexity index is 1320. The molecule has 0 spiro atoms. The molecular formula is C24H17ClN2O5. The summed E-state index contributed by atoms with van der Waals surface area (Å²) in [7, 11) is 0. The van der Waals surface area contributed by atoms with E-state index in [9.17, 15) is 19.8 Å². The lowest BCUT2D eigenvalue weighted by Crippen LogP contribution is -2.06. The summed E-state index contributed by atoms with van der Waals surface area (Å²) in [5.41, 5.74) is 2.16. The summed E-state index contributed by atoms with van der Waals surface area (Å²) in [6, 6.07) is 18.7. The molecule has 0 saturated heterocycles. The molecule has 0 aliphatic heterocycles. The van der Waals surface area contributed by atoms with Crippen LogP contribution in [-0.2, 0) is 6.61 Å². The third-order valence-electron chi connectivity index (χ3n) is 4.82. The molecular weight excluding hydrogens is 432 g/mol. The molecule has 160 valence electrons. The highest BCUT2D eigenvalue weighted by Gasteiger charge is 2.16. The van der Waals surface area contributed by atoms with E-state index in [4.69, 9.17) is 16.3 Å². The van der Waals surface area contributed by atoms with Gasteiger partial charge in [-0.1, -0.05) is 29.8 Å². The van der Waals surface area contributed by atoms with Crippen molar-refractivity contribution in [2.24, 2.45) is 0 Å². The standard InChI is InChI=1S/C24H17ClN2O5/c25-20-4-2-1-3-15(20)13-32-17-8-6-16(7-9-17)27-22-18-11-14(23(28)29)5-10-21(18)26-12-19(22)24(30)31/h1-12H,13H2,(H,26,27)(H,28,29)(H,30,31). The number of benzene rings is 3. The van der Waals surface area contributed by atoms with Crippen LogP contribution in [0, 0.1) is 0 Å². The van der Waals surface area contributed by atoms with Gasteiger partial charge in [-0.3, -0.25) is 4.98 Å². The fourth-order valence-corrected chi connectivity index (χ4v) is 3.37. The number of rotatable bonds is 7. The maximum absolute atomic E-state index is 11.7. The van der Waals surface area contributed by atoms with E-state index in [0.29, 0.717) is 34.0 Å². The van der Waals surface area contributed by atoms with Crippen molar-refractivity contribution in [1.29, 1.82) is 0 Å². The van der Waals surface area contributed by atoms with Gasteiger partial charge in [0.15, 0.2) is 0 Å². The molecule has 4 rings (SSSR count). The van der Waals surface area contributed by atoms with E-state index in [1.165, 1.54) is 18.3 Å². The molecule has 3 N–H and O–H groups in total. The van der Waals surface area contributed by atoms with Gasteiger partial charge >= 0.3 is 11.9 Å². The van der Waals surface area contributed by atoms with E-state index < -0.39 is 11.9 Å². The van der Waals surface area contributed by atoms with Gasteiger partial charge in [0.2, 0.25) is 0 Å². The predicted octanol–water partition coefficient (Wildman–Crippen LogP) is 5.61. The minimum atomic E-state index is -1.18. The van der Waals surface area contributed by atoms with Crippen molar-refractivity contribution in [3.8, 4) is 5.75 Å². The maximum Gasteiger partial charge on any atom is 0.339 e. The Hall–Kier alpha value is -4.10. The Morgan fingerprint density at radius 1 is 0.969 bits per heavy atom. The van der Waals surface area contributed by atoms with Crippen LogP contribution in [-0.4, -0.2) is 27.1 Å².